The Morgan fingerprint density at radius 2 is 1.74 bits per heavy atom. The monoisotopic (exact) mass is 317 g/mol. The summed E-state index contributed by atoms with van der Waals surface area (Å²) >= 11 is 3.42. The quantitative estimate of drug-likeness (QED) is 0.792. The van der Waals surface area contributed by atoms with E-state index in [1.54, 1.807) is 0 Å². The molecule has 0 saturated heterocycles. The van der Waals surface area contributed by atoms with Gasteiger partial charge in [0.15, 0.2) is 5.78 Å². The Hall–Kier alpha value is -1.61. The van der Waals surface area contributed by atoms with E-state index >= 15 is 0 Å². The van der Waals surface area contributed by atoms with Gasteiger partial charge in [0.1, 0.15) is 0 Å². The van der Waals surface area contributed by atoms with Crippen molar-refractivity contribution in [3.05, 3.63) is 64.1 Å². The number of para-hydroxylation sites is 1. The highest BCUT2D eigenvalue weighted by molar-refractivity contribution is 9.10. The van der Waals surface area contributed by atoms with E-state index < -0.39 is 0 Å². The molecule has 0 saturated carbocycles. The summed E-state index contributed by atoms with van der Waals surface area (Å²) in [6.45, 7) is 2.42. The number of nitrogens with zero attached hydrogens (tertiary/aromatic N) is 1. The van der Waals surface area contributed by atoms with E-state index in [2.05, 4.69) is 28.9 Å². The molecular formula is C16H16BrNO. The van der Waals surface area contributed by atoms with Gasteiger partial charge in [-0.3, -0.25) is 4.79 Å². The van der Waals surface area contributed by atoms with Crippen LogP contribution in [0.3, 0.4) is 0 Å². The van der Waals surface area contributed by atoms with E-state index in [1.807, 2.05) is 54.4 Å². The summed E-state index contributed by atoms with van der Waals surface area (Å²) in [4.78, 5) is 14.3. The van der Waals surface area contributed by atoms with Crippen molar-refractivity contribution in [3.63, 3.8) is 0 Å². The largest absolute Gasteiger partial charge is 0.367 e. The SMILES string of the molecule is Cc1ccccc1N(C)CC(=O)c1ccccc1Br. The molecule has 0 heterocycles. The van der Waals surface area contributed by atoms with Gasteiger partial charge in [0.2, 0.25) is 0 Å². The second-order valence-electron chi connectivity index (χ2n) is 4.55. The van der Waals surface area contributed by atoms with Gasteiger partial charge in [0, 0.05) is 22.8 Å². The second-order valence-corrected chi connectivity index (χ2v) is 5.40. The number of ketones is 1. The molecule has 0 aromatic heterocycles. The number of carbonyl (C=O) groups excluding carboxylic acids is 1. The maximum absolute atomic E-state index is 12.3. The molecule has 19 heavy (non-hydrogen) atoms. The molecule has 0 spiro atoms. The lowest BCUT2D eigenvalue weighted by molar-refractivity contribution is 0.0999. The molecule has 2 aromatic rings. The number of benzene rings is 2. The van der Waals surface area contributed by atoms with Crippen molar-refractivity contribution in [2.45, 2.75) is 6.92 Å². The van der Waals surface area contributed by atoms with Gasteiger partial charge in [0.25, 0.3) is 0 Å². The number of rotatable bonds is 4. The fourth-order valence-corrected chi connectivity index (χ4v) is 2.57. The first-order valence-corrected chi connectivity index (χ1v) is 6.93. The summed E-state index contributed by atoms with van der Waals surface area (Å²) in [6, 6.07) is 15.6. The first-order valence-electron chi connectivity index (χ1n) is 6.14. The zero-order valence-corrected chi connectivity index (χ0v) is 12.6. The predicted molar refractivity (Wildman–Crippen MR) is 82.9 cm³/mol. The lowest BCUT2D eigenvalue weighted by Crippen LogP contribution is -2.26. The minimum Gasteiger partial charge on any atom is -0.367 e. The minimum absolute atomic E-state index is 0.109. The van der Waals surface area contributed by atoms with Crippen LogP contribution in [0.1, 0.15) is 15.9 Å². The van der Waals surface area contributed by atoms with Crippen LogP contribution in [-0.4, -0.2) is 19.4 Å². The van der Waals surface area contributed by atoms with Gasteiger partial charge in [0.05, 0.1) is 6.54 Å². The molecule has 0 amide bonds. The second kappa shape index (κ2) is 6.02. The van der Waals surface area contributed by atoms with E-state index in [-0.39, 0.29) is 5.78 Å². The standard InChI is InChI=1S/C16H16BrNO/c1-12-7-3-6-10-15(12)18(2)11-16(19)13-8-4-5-9-14(13)17/h3-10H,11H2,1-2H3. The molecule has 0 radical (unpaired) electrons. The van der Waals surface area contributed by atoms with Crippen LogP contribution in [-0.2, 0) is 0 Å². The van der Waals surface area contributed by atoms with Gasteiger partial charge >= 0.3 is 0 Å². The molecule has 0 unspecified atom stereocenters. The fourth-order valence-electron chi connectivity index (χ4n) is 2.06. The number of hydrogen-bond donors (Lipinski definition) is 0. The van der Waals surface area contributed by atoms with Crippen molar-refractivity contribution < 1.29 is 4.79 Å². The third-order valence-corrected chi connectivity index (χ3v) is 3.77. The highest BCUT2D eigenvalue weighted by atomic mass is 79.9. The first kappa shape index (κ1) is 13.8. The zero-order valence-electron chi connectivity index (χ0n) is 11.1. The zero-order chi connectivity index (χ0) is 13.8. The summed E-state index contributed by atoms with van der Waals surface area (Å²) < 4.78 is 0.846. The summed E-state index contributed by atoms with van der Waals surface area (Å²) in [5.74, 6) is 0.109. The van der Waals surface area contributed by atoms with Crippen molar-refractivity contribution in [1.82, 2.24) is 0 Å². The van der Waals surface area contributed by atoms with Gasteiger partial charge in [-0.15, -0.1) is 0 Å². The van der Waals surface area contributed by atoms with Gasteiger partial charge in [-0.2, -0.15) is 0 Å². The van der Waals surface area contributed by atoms with Crippen LogP contribution in [0.2, 0.25) is 0 Å². The average molecular weight is 318 g/mol. The minimum atomic E-state index is 0.109. The summed E-state index contributed by atoms with van der Waals surface area (Å²) in [6.07, 6.45) is 0. The summed E-state index contributed by atoms with van der Waals surface area (Å²) in [5.41, 5.74) is 2.98. The number of hydrogen-bond acceptors (Lipinski definition) is 2. The van der Waals surface area contributed by atoms with E-state index in [4.69, 9.17) is 0 Å². The Balaban J connectivity index is 2.16. The Bertz CT molecular complexity index is 595. The van der Waals surface area contributed by atoms with Gasteiger partial charge in [-0.05, 0) is 24.6 Å². The molecule has 0 aliphatic carbocycles. The van der Waals surface area contributed by atoms with E-state index in [0.717, 1.165) is 15.7 Å². The first-order chi connectivity index (χ1) is 9.09. The number of aryl methyl sites for hydroxylation is 1. The van der Waals surface area contributed by atoms with Gasteiger partial charge in [-0.1, -0.05) is 52.3 Å². The Labute approximate surface area is 122 Å². The number of anilines is 1. The van der Waals surface area contributed by atoms with E-state index in [9.17, 15) is 4.79 Å². The van der Waals surface area contributed by atoms with Crippen molar-refractivity contribution >= 4 is 27.4 Å². The number of likely N-dealkylation sites (N-methyl/N-ethyl adjacent to an activating group) is 1. The molecule has 2 nitrogen and oxygen atoms in total. The van der Waals surface area contributed by atoms with Crippen LogP contribution in [0.4, 0.5) is 5.69 Å². The van der Waals surface area contributed by atoms with Gasteiger partial charge < -0.3 is 4.90 Å². The third kappa shape index (κ3) is 3.24. The topological polar surface area (TPSA) is 20.3 Å². The third-order valence-electron chi connectivity index (χ3n) is 3.08. The summed E-state index contributed by atoms with van der Waals surface area (Å²) in [7, 11) is 1.94. The Kier molecular flexibility index (Phi) is 4.38. The van der Waals surface area contributed by atoms with Crippen LogP contribution in [0.15, 0.2) is 53.0 Å². The molecular weight excluding hydrogens is 302 g/mol. The van der Waals surface area contributed by atoms with Crippen molar-refractivity contribution in [3.8, 4) is 0 Å². The number of Topliss-reactive ketones (excluding diaryl/α,β-unsaturated/α-hetero) is 1. The molecule has 0 atom stereocenters. The number of halogens is 1. The maximum Gasteiger partial charge on any atom is 0.183 e. The molecule has 98 valence electrons. The lowest BCUT2D eigenvalue weighted by Gasteiger charge is -2.20. The summed E-state index contributed by atoms with van der Waals surface area (Å²) in [5, 5.41) is 0. The van der Waals surface area contributed by atoms with Crippen LogP contribution >= 0.6 is 15.9 Å². The van der Waals surface area contributed by atoms with E-state index in [0.29, 0.717) is 6.54 Å². The molecule has 0 aliphatic heterocycles. The molecule has 3 heteroatoms. The van der Waals surface area contributed by atoms with Gasteiger partial charge in [-0.25, -0.2) is 0 Å². The Morgan fingerprint density at radius 3 is 2.42 bits per heavy atom. The highest BCUT2D eigenvalue weighted by Gasteiger charge is 2.13. The predicted octanol–water partition coefficient (Wildman–Crippen LogP) is 4.08. The molecule has 0 fully saturated rings. The highest BCUT2D eigenvalue weighted by Crippen LogP contribution is 2.20. The number of carbonyl (C=O) groups is 1. The molecule has 0 aliphatic rings. The van der Waals surface area contributed by atoms with Crippen molar-refractivity contribution in [2.75, 3.05) is 18.5 Å². The molecule has 0 bridgehead atoms. The maximum atomic E-state index is 12.3. The Morgan fingerprint density at radius 1 is 1.11 bits per heavy atom. The fraction of sp³-hybridized carbons (Fsp3) is 0.188. The van der Waals surface area contributed by atoms with Crippen LogP contribution < -0.4 is 4.90 Å². The van der Waals surface area contributed by atoms with Crippen LogP contribution in [0.5, 0.6) is 0 Å². The molecule has 2 aromatic carbocycles. The van der Waals surface area contributed by atoms with Crippen LogP contribution in [0.25, 0.3) is 0 Å². The van der Waals surface area contributed by atoms with Crippen LogP contribution in [0, 0.1) is 6.92 Å². The average Bonchev–Trinajstić information content (AvgIpc) is 2.39. The molecule has 2 rings (SSSR count). The van der Waals surface area contributed by atoms with Crippen molar-refractivity contribution in [1.29, 1.82) is 0 Å². The normalized spacial score (nSPS) is 10.3. The lowest BCUT2D eigenvalue weighted by atomic mass is 10.1. The smallest absolute Gasteiger partial charge is 0.183 e. The molecule has 0 N–H and O–H groups in total. The van der Waals surface area contributed by atoms with E-state index in [1.165, 1.54) is 5.56 Å². The van der Waals surface area contributed by atoms with Crippen molar-refractivity contribution in [2.24, 2.45) is 0 Å².